The highest BCUT2D eigenvalue weighted by atomic mass is 32.2. The van der Waals surface area contributed by atoms with E-state index in [2.05, 4.69) is 51.7 Å². The number of thiophene rings is 1. The Labute approximate surface area is 170 Å². The van der Waals surface area contributed by atoms with E-state index in [1.165, 1.54) is 10.5 Å². The predicted octanol–water partition coefficient (Wildman–Crippen LogP) is 3.78. The lowest BCUT2D eigenvalue weighted by molar-refractivity contribution is -0.120. The molecule has 0 saturated carbocycles. The fourth-order valence-corrected chi connectivity index (χ4v) is 5.54. The molecule has 3 heterocycles. The Kier molecular flexibility index (Phi) is 6.18. The zero-order valence-corrected chi connectivity index (χ0v) is 17.5. The minimum Gasteiger partial charge on any atom is -0.310 e. The van der Waals surface area contributed by atoms with Crippen molar-refractivity contribution in [1.29, 1.82) is 0 Å². The van der Waals surface area contributed by atoms with E-state index in [1.807, 2.05) is 22.7 Å². The van der Waals surface area contributed by atoms with Crippen LogP contribution in [0.3, 0.4) is 0 Å². The topological polar surface area (TPSA) is 26.8 Å². The maximum atomic E-state index is 13.1. The molecule has 0 spiro atoms. The Balaban J connectivity index is 1.34. The first-order valence-corrected chi connectivity index (χ1v) is 11.5. The van der Waals surface area contributed by atoms with Gasteiger partial charge < -0.3 is 4.90 Å². The summed E-state index contributed by atoms with van der Waals surface area (Å²) < 4.78 is 0. The van der Waals surface area contributed by atoms with Gasteiger partial charge in [0.25, 0.3) is 0 Å². The van der Waals surface area contributed by atoms with Crippen LogP contribution in [0.4, 0.5) is 5.69 Å². The van der Waals surface area contributed by atoms with E-state index in [-0.39, 0.29) is 5.91 Å². The molecule has 0 unspecified atom stereocenters. The molecule has 1 amide bonds. The van der Waals surface area contributed by atoms with Gasteiger partial charge in [0.15, 0.2) is 0 Å². The quantitative estimate of drug-likeness (QED) is 0.779. The number of para-hydroxylation sites is 1. The van der Waals surface area contributed by atoms with Gasteiger partial charge in [0, 0.05) is 49.4 Å². The molecule has 4 rings (SSSR count). The Morgan fingerprint density at radius 2 is 1.85 bits per heavy atom. The van der Waals surface area contributed by atoms with Crippen molar-refractivity contribution in [3.05, 3.63) is 46.7 Å². The summed E-state index contributed by atoms with van der Waals surface area (Å²) in [7, 11) is 0. The monoisotopic (exact) mass is 401 g/mol. The minimum atomic E-state index is 0.239. The van der Waals surface area contributed by atoms with Crippen molar-refractivity contribution in [2.75, 3.05) is 44.2 Å². The minimum absolute atomic E-state index is 0.239. The van der Waals surface area contributed by atoms with Gasteiger partial charge in [-0.15, -0.1) is 11.8 Å². The number of thioether (sulfide) groups is 1. The van der Waals surface area contributed by atoms with Crippen LogP contribution in [0.5, 0.6) is 0 Å². The maximum absolute atomic E-state index is 13.1. The molecule has 144 valence electrons. The zero-order valence-electron chi connectivity index (χ0n) is 15.8. The third-order valence-corrected chi connectivity index (χ3v) is 7.32. The highest BCUT2D eigenvalue weighted by Gasteiger charge is 2.26. The average Bonchev–Trinajstić information content (AvgIpc) is 3.11. The summed E-state index contributed by atoms with van der Waals surface area (Å²) >= 11 is 3.65. The molecule has 0 aliphatic carbocycles. The van der Waals surface area contributed by atoms with E-state index >= 15 is 0 Å². The normalized spacial score (nSPS) is 21.7. The molecular weight excluding hydrogens is 374 g/mol. The highest BCUT2D eigenvalue weighted by molar-refractivity contribution is 8.00. The van der Waals surface area contributed by atoms with Crippen LogP contribution in [0.2, 0.25) is 0 Å². The fraction of sp³-hybridized carbons (Fsp3) is 0.476. The van der Waals surface area contributed by atoms with E-state index in [9.17, 15) is 4.79 Å². The second kappa shape index (κ2) is 8.78. The van der Waals surface area contributed by atoms with Gasteiger partial charge in [-0.05, 0) is 40.9 Å². The van der Waals surface area contributed by atoms with Crippen LogP contribution in [-0.4, -0.2) is 60.2 Å². The lowest BCUT2D eigenvalue weighted by Crippen LogP contribution is -2.50. The Morgan fingerprint density at radius 1 is 1.07 bits per heavy atom. The molecular formula is C21H27N3OS2. The summed E-state index contributed by atoms with van der Waals surface area (Å²) in [6.07, 6.45) is 1.04. The van der Waals surface area contributed by atoms with E-state index in [0.717, 1.165) is 51.4 Å². The number of anilines is 1. The lowest BCUT2D eigenvalue weighted by atomic mass is 10.2. The molecule has 2 aromatic rings. The van der Waals surface area contributed by atoms with Crippen LogP contribution in [0.25, 0.3) is 0 Å². The van der Waals surface area contributed by atoms with Gasteiger partial charge in [-0.3, -0.25) is 14.6 Å². The number of benzene rings is 1. The smallest absolute Gasteiger partial charge is 0.241 e. The van der Waals surface area contributed by atoms with Crippen LogP contribution < -0.4 is 4.90 Å². The molecule has 0 radical (unpaired) electrons. The van der Waals surface area contributed by atoms with Gasteiger partial charge in [0.2, 0.25) is 5.91 Å². The van der Waals surface area contributed by atoms with E-state index in [4.69, 9.17) is 0 Å². The van der Waals surface area contributed by atoms with E-state index in [0.29, 0.717) is 11.8 Å². The standard InChI is InChI=1S/C21H27N3OS2/c1-17-6-8-24(19-4-2-3-5-20(19)27-17)21(25)15-23-11-9-22(10-12-23)14-18-7-13-26-16-18/h2-5,7,13,16-17H,6,8-12,14-15H2,1H3/t17-/m1/s1. The predicted molar refractivity (Wildman–Crippen MR) is 115 cm³/mol. The number of carbonyl (C=O) groups excluding carboxylic acids is 1. The number of nitrogens with zero attached hydrogens (tertiary/aromatic N) is 3. The lowest BCUT2D eigenvalue weighted by Gasteiger charge is -2.35. The van der Waals surface area contributed by atoms with Crippen LogP contribution in [0.15, 0.2) is 46.0 Å². The Morgan fingerprint density at radius 3 is 2.63 bits per heavy atom. The number of fused-ring (bicyclic) bond motifs is 1. The van der Waals surface area contributed by atoms with Crippen LogP contribution in [0.1, 0.15) is 18.9 Å². The van der Waals surface area contributed by atoms with Crippen LogP contribution in [-0.2, 0) is 11.3 Å². The summed E-state index contributed by atoms with van der Waals surface area (Å²) in [5, 5.41) is 4.92. The molecule has 2 aliphatic heterocycles. The molecule has 0 bridgehead atoms. The third kappa shape index (κ3) is 4.74. The second-order valence-electron chi connectivity index (χ2n) is 7.41. The molecule has 6 heteroatoms. The molecule has 1 aromatic carbocycles. The first-order valence-electron chi connectivity index (χ1n) is 9.71. The number of rotatable bonds is 4. The summed E-state index contributed by atoms with van der Waals surface area (Å²) in [5.74, 6) is 0.239. The summed E-state index contributed by atoms with van der Waals surface area (Å²) in [4.78, 5) is 21.1. The molecule has 4 nitrogen and oxygen atoms in total. The van der Waals surface area contributed by atoms with Gasteiger partial charge in [0.05, 0.1) is 12.2 Å². The third-order valence-electron chi connectivity index (χ3n) is 5.35. The second-order valence-corrected chi connectivity index (χ2v) is 9.67. The molecule has 1 aromatic heterocycles. The zero-order chi connectivity index (χ0) is 18.6. The van der Waals surface area contributed by atoms with Crippen molar-refractivity contribution < 1.29 is 4.79 Å². The average molecular weight is 402 g/mol. The van der Waals surface area contributed by atoms with Gasteiger partial charge in [-0.1, -0.05) is 19.1 Å². The SMILES string of the molecule is C[C@@H]1CCN(C(=O)CN2CCN(Cc3ccsc3)CC2)c2ccccc2S1. The first kappa shape index (κ1) is 19.0. The highest BCUT2D eigenvalue weighted by Crippen LogP contribution is 2.37. The van der Waals surface area contributed by atoms with Crippen molar-refractivity contribution in [2.45, 2.75) is 30.0 Å². The van der Waals surface area contributed by atoms with E-state index in [1.54, 1.807) is 11.3 Å². The fourth-order valence-electron chi connectivity index (χ4n) is 3.77. The summed E-state index contributed by atoms with van der Waals surface area (Å²) in [6, 6.07) is 10.6. The van der Waals surface area contributed by atoms with Crippen LogP contribution in [0, 0.1) is 0 Å². The largest absolute Gasteiger partial charge is 0.310 e. The first-order chi connectivity index (χ1) is 13.2. The number of amides is 1. The number of hydrogen-bond acceptors (Lipinski definition) is 5. The Hall–Kier alpha value is -1.34. The van der Waals surface area contributed by atoms with Gasteiger partial charge in [-0.25, -0.2) is 0 Å². The molecule has 2 aliphatic rings. The summed E-state index contributed by atoms with van der Waals surface area (Å²) in [5.41, 5.74) is 2.49. The molecule has 1 fully saturated rings. The van der Waals surface area contributed by atoms with Crippen molar-refractivity contribution >= 4 is 34.7 Å². The van der Waals surface area contributed by atoms with Crippen molar-refractivity contribution in [1.82, 2.24) is 9.80 Å². The van der Waals surface area contributed by atoms with Crippen molar-refractivity contribution in [3.8, 4) is 0 Å². The maximum Gasteiger partial charge on any atom is 0.241 e. The molecule has 27 heavy (non-hydrogen) atoms. The number of hydrogen-bond donors (Lipinski definition) is 0. The van der Waals surface area contributed by atoms with Crippen LogP contribution >= 0.6 is 23.1 Å². The van der Waals surface area contributed by atoms with E-state index < -0.39 is 0 Å². The van der Waals surface area contributed by atoms with Crippen molar-refractivity contribution in [2.24, 2.45) is 0 Å². The Bertz CT molecular complexity index is 757. The van der Waals surface area contributed by atoms with Crippen molar-refractivity contribution in [3.63, 3.8) is 0 Å². The molecule has 0 N–H and O–H groups in total. The number of piperazine rings is 1. The molecule has 1 atom stereocenters. The van der Waals surface area contributed by atoms with Gasteiger partial charge in [-0.2, -0.15) is 11.3 Å². The number of carbonyl (C=O) groups is 1. The van der Waals surface area contributed by atoms with Gasteiger partial charge in [0.1, 0.15) is 0 Å². The summed E-state index contributed by atoms with van der Waals surface area (Å²) in [6.45, 7) is 8.63. The van der Waals surface area contributed by atoms with Gasteiger partial charge >= 0.3 is 0 Å². The molecule has 1 saturated heterocycles.